The number of rotatable bonds is 6. The van der Waals surface area contributed by atoms with Gasteiger partial charge in [0.05, 0.1) is 13.0 Å². The molecule has 1 N–H and O–H groups in total. The number of aromatic nitrogens is 6. The second-order valence-corrected chi connectivity index (χ2v) is 3.89. The van der Waals surface area contributed by atoms with Crippen LogP contribution in [0.25, 0.3) is 5.95 Å². The second kappa shape index (κ2) is 6.75. The van der Waals surface area contributed by atoms with E-state index in [1.807, 2.05) is 0 Å². The Kier molecular flexibility index (Phi) is 4.77. The summed E-state index contributed by atoms with van der Waals surface area (Å²) in [5.41, 5.74) is 0. The Hall–Kier alpha value is -2.29. The molecule has 20 heavy (non-hydrogen) atoms. The molecule has 0 aliphatic heterocycles. The number of hydrogen-bond acceptors (Lipinski definition) is 8. The molecular weight excluding hydrogens is 286 g/mol. The molecule has 0 amide bonds. The molecule has 10 heteroatoms. The molecule has 2 aromatic rings. The minimum Gasteiger partial charge on any atom is -0.466 e. The standard InChI is InChI=1S/C10H12ClN7O2/c1-2-20-7(19)3-4-13-9-15-8(11)16-10(17-9)18-6-12-5-14-18/h5-6H,2-4H2,1H3,(H,13,15,16,17). The van der Waals surface area contributed by atoms with Gasteiger partial charge in [0.2, 0.25) is 11.2 Å². The molecule has 9 nitrogen and oxygen atoms in total. The van der Waals surface area contributed by atoms with Crippen molar-refractivity contribution in [1.29, 1.82) is 0 Å². The van der Waals surface area contributed by atoms with Gasteiger partial charge in [0.1, 0.15) is 12.7 Å². The van der Waals surface area contributed by atoms with E-state index < -0.39 is 0 Å². The van der Waals surface area contributed by atoms with E-state index in [4.69, 9.17) is 16.3 Å². The van der Waals surface area contributed by atoms with E-state index in [9.17, 15) is 4.79 Å². The Bertz CT molecular complexity index is 575. The zero-order valence-corrected chi connectivity index (χ0v) is 11.4. The Balaban J connectivity index is 2.00. The molecule has 0 saturated heterocycles. The largest absolute Gasteiger partial charge is 0.466 e. The topological polar surface area (TPSA) is 108 Å². The highest BCUT2D eigenvalue weighted by atomic mass is 35.5. The van der Waals surface area contributed by atoms with Crippen LogP contribution in [0.15, 0.2) is 12.7 Å². The lowest BCUT2D eigenvalue weighted by Gasteiger charge is -2.06. The fourth-order valence-electron chi connectivity index (χ4n) is 1.34. The van der Waals surface area contributed by atoms with Gasteiger partial charge < -0.3 is 10.1 Å². The van der Waals surface area contributed by atoms with Gasteiger partial charge in [-0.1, -0.05) is 0 Å². The minimum atomic E-state index is -0.295. The zero-order chi connectivity index (χ0) is 14.4. The molecule has 0 saturated carbocycles. The van der Waals surface area contributed by atoms with Gasteiger partial charge in [0.25, 0.3) is 5.95 Å². The fourth-order valence-corrected chi connectivity index (χ4v) is 1.50. The van der Waals surface area contributed by atoms with Crippen LogP contribution in [0.3, 0.4) is 0 Å². The highest BCUT2D eigenvalue weighted by molar-refractivity contribution is 6.28. The van der Waals surface area contributed by atoms with Gasteiger partial charge in [-0.25, -0.2) is 4.98 Å². The number of ether oxygens (including phenoxy) is 1. The number of esters is 1. The first-order valence-corrected chi connectivity index (χ1v) is 6.23. The summed E-state index contributed by atoms with van der Waals surface area (Å²) in [5, 5.41) is 6.78. The van der Waals surface area contributed by atoms with Crippen molar-refractivity contribution in [1.82, 2.24) is 29.7 Å². The zero-order valence-electron chi connectivity index (χ0n) is 10.7. The van der Waals surface area contributed by atoms with Crippen LogP contribution in [-0.2, 0) is 9.53 Å². The maximum atomic E-state index is 11.2. The van der Waals surface area contributed by atoms with Crippen LogP contribution in [0.4, 0.5) is 5.95 Å². The van der Waals surface area contributed by atoms with Crippen molar-refractivity contribution in [2.45, 2.75) is 13.3 Å². The molecule has 2 heterocycles. The van der Waals surface area contributed by atoms with Gasteiger partial charge in [-0.05, 0) is 18.5 Å². The smallest absolute Gasteiger partial charge is 0.307 e. The highest BCUT2D eigenvalue weighted by Gasteiger charge is 2.08. The van der Waals surface area contributed by atoms with Crippen LogP contribution in [-0.4, -0.2) is 48.8 Å². The van der Waals surface area contributed by atoms with Crippen molar-refractivity contribution in [3.63, 3.8) is 0 Å². The van der Waals surface area contributed by atoms with Gasteiger partial charge in [-0.2, -0.15) is 24.7 Å². The number of anilines is 1. The molecule has 0 aromatic carbocycles. The predicted octanol–water partition coefficient (Wildman–Crippen LogP) is 0.471. The van der Waals surface area contributed by atoms with Crippen LogP contribution >= 0.6 is 11.6 Å². The Labute approximate surface area is 119 Å². The lowest BCUT2D eigenvalue weighted by molar-refractivity contribution is -0.142. The van der Waals surface area contributed by atoms with Gasteiger partial charge in [0.15, 0.2) is 0 Å². The summed E-state index contributed by atoms with van der Waals surface area (Å²) < 4.78 is 6.16. The van der Waals surface area contributed by atoms with Crippen molar-refractivity contribution in [2.75, 3.05) is 18.5 Å². The monoisotopic (exact) mass is 297 g/mol. The third kappa shape index (κ3) is 3.85. The summed E-state index contributed by atoms with van der Waals surface area (Å²) in [4.78, 5) is 26.9. The number of nitrogens with one attached hydrogen (secondary N) is 1. The summed E-state index contributed by atoms with van der Waals surface area (Å²) in [6.45, 7) is 2.43. The SMILES string of the molecule is CCOC(=O)CCNc1nc(Cl)nc(-n2cncn2)n1. The van der Waals surface area contributed by atoms with Crippen molar-refractivity contribution in [3.05, 3.63) is 17.9 Å². The predicted molar refractivity (Wildman–Crippen MR) is 69.5 cm³/mol. The van der Waals surface area contributed by atoms with Gasteiger partial charge >= 0.3 is 5.97 Å². The molecule has 0 fully saturated rings. The highest BCUT2D eigenvalue weighted by Crippen LogP contribution is 2.08. The van der Waals surface area contributed by atoms with Crippen LogP contribution in [0.1, 0.15) is 13.3 Å². The third-order valence-corrected chi connectivity index (χ3v) is 2.31. The van der Waals surface area contributed by atoms with Crippen molar-refractivity contribution < 1.29 is 9.53 Å². The molecule has 0 aliphatic rings. The van der Waals surface area contributed by atoms with Crippen LogP contribution in [0.5, 0.6) is 0 Å². The third-order valence-electron chi connectivity index (χ3n) is 2.14. The van der Waals surface area contributed by atoms with E-state index in [1.54, 1.807) is 6.92 Å². The average molecular weight is 298 g/mol. The van der Waals surface area contributed by atoms with Crippen LogP contribution in [0.2, 0.25) is 5.28 Å². The molecule has 0 aliphatic carbocycles. The second-order valence-electron chi connectivity index (χ2n) is 3.55. The summed E-state index contributed by atoms with van der Waals surface area (Å²) in [5.74, 6) is 0.192. The molecule has 2 rings (SSSR count). The first kappa shape index (κ1) is 14.1. The van der Waals surface area contributed by atoms with E-state index in [-0.39, 0.29) is 29.6 Å². The van der Waals surface area contributed by atoms with Gasteiger partial charge in [-0.15, -0.1) is 0 Å². The minimum absolute atomic E-state index is 0.0177. The maximum Gasteiger partial charge on any atom is 0.307 e. The van der Waals surface area contributed by atoms with E-state index >= 15 is 0 Å². The quantitative estimate of drug-likeness (QED) is 0.767. The summed E-state index contributed by atoms with van der Waals surface area (Å²) in [6.07, 6.45) is 3.00. The normalized spacial score (nSPS) is 10.3. The van der Waals surface area contributed by atoms with E-state index in [2.05, 4.69) is 30.4 Å². The van der Waals surface area contributed by atoms with Crippen molar-refractivity contribution >= 4 is 23.5 Å². The fraction of sp³-hybridized carbons (Fsp3) is 0.400. The summed E-state index contributed by atoms with van der Waals surface area (Å²) in [6, 6.07) is 0. The van der Waals surface area contributed by atoms with Crippen molar-refractivity contribution in [3.8, 4) is 5.95 Å². The molecule has 106 valence electrons. The van der Waals surface area contributed by atoms with Crippen molar-refractivity contribution in [2.24, 2.45) is 0 Å². The first-order valence-electron chi connectivity index (χ1n) is 5.85. The molecule has 0 spiro atoms. The Morgan fingerprint density at radius 3 is 3.00 bits per heavy atom. The molecule has 0 atom stereocenters. The van der Waals surface area contributed by atoms with E-state index in [0.29, 0.717) is 13.2 Å². The van der Waals surface area contributed by atoms with Crippen LogP contribution in [0, 0.1) is 0 Å². The first-order chi connectivity index (χ1) is 9.69. The molecule has 2 aromatic heterocycles. The Morgan fingerprint density at radius 1 is 1.45 bits per heavy atom. The molecular formula is C10H12ClN7O2. The number of hydrogen-bond donors (Lipinski definition) is 1. The number of nitrogens with zero attached hydrogens (tertiary/aromatic N) is 6. The number of carbonyl (C=O) groups is 1. The maximum absolute atomic E-state index is 11.2. The number of halogens is 1. The molecule has 0 bridgehead atoms. The number of carbonyl (C=O) groups excluding carboxylic acids is 1. The summed E-state index contributed by atoms with van der Waals surface area (Å²) in [7, 11) is 0. The van der Waals surface area contributed by atoms with Crippen LogP contribution < -0.4 is 5.32 Å². The summed E-state index contributed by atoms with van der Waals surface area (Å²) >= 11 is 5.80. The average Bonchev–Trinajstić information content (AvgIpc) is 2.92. The van der Waals surface area contributed by atoms with E-state index in [0.717, 1.165) is 0 Å². The Morgan fingerprint density at radius 2 is 2.30 bits per heavy atom. The van der Waals surface area contributed by atoms with E-state index in [1.165, 1.54) is 17.3 Å². The van der Waals surface area contributed by atoms with Gasteiger partial charge in [0, 0.05) is 6.54 Å². The lowest BCUT2D eigenvalue weighted by Crippen LogP contribution is -2.14. The molecule has 0 unspecified atom stereocenters. The lowest BCUT2D eigenvalue weighted by atomic mass is 10.4. The van der Waals surface area contributed by atoms with Gasteiger partial charge in [-0.3, -0.25) is 4.79 Å². The molecule has 0 radical (unpaired) electrons.